The van der Waals surface area contributed by atoms with Gasteiger partial charge in [-0.15, -0.1) is 0 Å². The summed E-state index contributed by atoms with van der Waals surface area (Å²) in [6.07, 6.45) is 3.31. The second kappa shape index (κ2) is 5.85. The highest BCUT2D eigenvalue weighted by Gasteiger charge is 2.43. The van der Waals surface area contributed by atoms with Crippen LogP contribution in [-0.4, -0.2) is 19.3 Å². The first-order chi connectivity index (χ1) is 9.57. The topological polar surface area (TPSA) is 42.2 Å². The minimum absolute atomic E-state index is 0.0932. The molecular weight excluding hydrogens is 250 g/mol. The van der Waals surface area contributed by atoms with Gasteiger partial charge in [-0.2, -0.15) is 5.26 Å². The largest absolute Gasteiger partial charge is 0.497 e. The van der Waals surface area contributed by atoms with Crippen molar-refractivity contribution in [1.82, 2.24) is 0 Å². The molecular formula is C17H23NO2. The van der Waals surface area contributed by atoms with E-state index < -0.39 is 0 Å². The summed E-state index contributed by atoms with van der Waals surface area (Å²) in [5.41, 5.74) is 1.00. The van der Waals surface area contributed by atoms with E-state index in [9.17, 15) is 5.26 Å². The Hall–Kier alpha value is -1.53. The third kappa shape index (κ3) is 2.81. The van der Waals surface area contributed by atoms with Crippen molar-refractivity contribution in [2.75, 3.05) is 13.7 Å². The van der Waals surface area contributed by atoms with Crippen LogP contribution in [0.25, 0.3) is 0 Å². The molecule has 20 heavy (non-hydrogen) atoms. The third-order valence-corrected chi connectivity index (χ3v) is 4.61. The number of methoxy groups -OCH3 is 1. The minimum atomic E-state index is -0.130. The Morgan fingerprint density at radius 1 is 1.35 bits per heavy atom. The van der Waals surface area contributed by atoms with E-state index in [0.29, 0.717) is 6.42 Å². The van der Waals surface area contributed by atoms with Crippen molar-refractivity contribution in [3.63, 3.8) is 0 Å². The average Bonchev–Trinajstić information content (AvgIpc) is 2.48. The smallest absolute Gasteiger partial charge is 0.118 e. The summed E-state index contributed by atoms with van der Waals surface area (Å²) in [4.78, 5) is 0. The van der Waals surface area contributed by atoms with Crippen molar-refractivity contribution in [2.24, 2.45) is 0 Å². The van der Waals surface area contributed by atoms with Crippen molar-refractivity contribution in [3.05, 3.63) is 29.8 Å². The first-order valence-corrected chi connectivity index (χ1v) is 7.23. The summed E-state index contributed by atoms with van der Waals surface area (Å²) in [7, 11) is 1.67. The summed E-state index contributed by atoms with van der Waals surface area (Å²) in [5, 5.41) is 9.27. The lowest BCUT2D eigenvalue weighted by atomic mass is 9.67. The van der Waals surface area contributed by atoms with Crippen LogP contribution in [0.3, 0.4) is 0 Å². The van der Waals surface area contributed by atoms with Gasteiger partial charge in [0.1, 0.15) is 5.75 Å². The molecule has 0 spiro atoms. The molecule has 108 valence electrons. The van der Waals surface area contributed by atoms with Gasteiger partial charge in [0.25, 0.3) is 0 Å². The van der Waals surface area contributed by atoms with Crippen molar-refractivity contribution >= 4 is 0 Å². The Balaban J connectivity index is 2.35. The SMILES string of the molecule is CC[C@@]1(C)C[C@](CC#N)(c2ccc(OC)cc2)CCO1. The minimum Gasteiger partial charge on any atom is -0.497 e. The van der Waals surface area contributed by atoms with Crippen molar-refractivity contribution in [3.8, 4) is 11.8 Å². The monoisotopic (exact) mass is 273 g/mol. The zero-order valence-corrected chi connectivity index (χ0v) is 12.6. The highest BCUT2D eigenvalue weighted by atomic mass is 16.5. The van der Waals surface area contributed by atoms with Gasteiger partial charge in [0.2, 0.25) is 0 Å². The van der Waals surface area contributed by atoms with E-state index in [1.807, 2.05) is 12.1 Å². The number of ether oxygens (including phenoxy) is 2. The molecule has 0 unspecified atom stereocenters. The Morgan fingerprint density at radius 3 is 2.60 bits per heavy atom. The number of nitrogens with zero attached hydrogens (tertiary/aromatic N) is 1. The van der Waals surface area contributed by atoms with Crippen LogP contribution in [0.4, 0.5) is 0 Å². The Labute approximate surface area is 121 Å². The van der Waals surface area contributed by atoms with Crippen molar-refractivity contribution < 1.29 is 9.47 Å². The molecule has 1 aromatic rings. The lowest BCUT2D eigenvalue weighted by Gasteiger charge is -2.45. The van der Waals surface area contributed by atoms with Crippen molar-refractivity contribution in [2.45, 2.75) is 50.5 Å². The number of rotatable bonds is 4. The van der Waals surface area contributed by atoms with Crippen LogP contribution in [0.15, 0.2) is 24.3 Å². The molecule has 0 saturated carbocycles. The number of benzene rings is 1. The maximum atomic E-state index is 9.27. The zero-order valence-electron chi connectivity index (χ0n) is 12.6. The molecule has 3 heteroatoms. The lowest BCUT2D eigenvalue weighted by Crippen LogP contribution is -2.45. The van der Waals surface area contributed by atoms with Crippen LogP contribution < -0.4 is 4.74 Å². The van der Waals surface area contributed by atoms with Gasteiger partial charge < -0.3 is 9.47 Å². The normalized spacial score (nSPS) is 29.7. The Morgan fingerprint density at radius 2 is 2.05 bits per heavy atom. The first kappa shape index (κ1) is 14.9. The standard InChI is InChI=1S/C17H23NO2/c1-4-16(2)13-17(9-11-18,10-12-20-16)14-5-7-15(19-3)8-6-14/h5-8H,4,9-10,12-13H2,1-3H3/t16-,17+/m0/s1. The van der Waals surface area contributed by atoms with Crippen LogP contribution in [0.1, 0.15) is 45.1 Å². The Bertz CT molecular complexity index is 491. The molecule has 0 amide bonds. The first-order valence-electron chi connectivity index (χ1n) is 7.23. The van der Waals surface area contributed by atoms with Gasteiger partial charge in [-0.3, -0.25) is 0 Å². The van der Waals surface area contributed by atoms with Gasteiger partial charge in [0, 0.05) is 18.4 Å². The molecule has 0 bridgehead atoms. The maximum Gasteiger partial charge on any atom is 0.118 e. The van der Waals surface area contributed by atoms with E-state index in [2.05, 4.69) is 32.0 Å². The fourth-order valence-electron chi connectivity index (χ4n) is 3.17. The fraction of sp³-hybridized carbons (Fsp3) is 0.588. The fourth-order valence-corrected chi connectivity index (χ4v) is 3.17. The second-order valence-electron chi connectivity index (χ2n) is 5.92. The maximum absolute atomic E-state index is 9.27. The summed E-state index contributed by atoms with van der Waals surface area (Å²) >= 11 is 0. The molecule has 1 aliphatic rings. The summed E-state index contributed by atoms with van der Waals surface area (Å²) < 4.78 is 11.2. The van der Waals surface area contributed by atoms with Crippen LogP contribution >= 0.6 is 0 Å². The molecule has 2 atom stereocenters. The van der Waals surface area contributed by atoms with Crippen LogP contribution in [-0.2, 0) is 10.2 Å². The van der Waals surface area contributed by atoms with Gasteiger partial charge in [-0.1, -0.05) is 19.1 Å². The van der Waals surface area contributed by atoms with Gasteiger partial charge in [0.05, 0.1) is 18.8 Å². The molecule has 2 rings (SSSR count). The van der Waals surface area contributed by atoms with Gasteiger partial charge in [-0.25, -0.2) is 0 Å². The van der Waals surface area contributed by atoms with Gasteiger partial charge in [-0.05, 0) is 43.9 Å². The molecule has 1 aliphatic heterocycles. The van der Waals surface area contributed by atoms with Gasteiger partial charge in [0.15, 0.2) is 0 Å². The number of hydrogen-bond donors (Lipinski definition) is 0. The number of hydrogen-bond acceptors (Lipinski definition) is 3. The van der Waals surface area contributed by atoms with E-state index in [-0.39, 0.29) is 11.0 Å². The predicted molar refractivity (Wildman–Crippen MR) is 78.8 cm³/mol. The molecule has 1 fully saturated rings. The van der Waals surface area contributed by atoms with E-state index >= 15 is 0 Å². The van der Waals surface area contributed by atoms with E-state index in [4.69, 9.17) is 9.47 Å². The molecule has 0 radical (unpaired) electrons. The molecule has 0 N–H and O–H groups in total. The predicted octanol–water partition coefficient (Wildman–Crippen LogP) is 3.83. The van der Waals surface area contributed by atoms with Crippen LogP contribution in [0, 0.1) is 11.3 Å². The average molecular weight is 273 g/mol. The quantitative estimate of drug-likeness (QED) is 0.837. The molecule has 0 aromatic heterocycles. The Kier molecular flexibility index (Phi) is 4.35. The van der Waals surface area contributed by atoms with Crippen LogP contribution in [0.5, 0.6) is 5.75 Å². The molecule has 3 nitrogen and oxygen atoms in total. The van der Waals surface area contributed by atoms with E-state index in [1.165, 1.54) is 5.56 Å². The van der Waals surface area contributed by atoms with Crippen LogP contribution in [0.2, 0.25) is 0 Å². The zero-order chi connectivity index (χ0) is 14.6. The summed E-state index contributed by atoms with van der Waals surface area (Å²) in [6, 6.07) is 10.5. The summed E-state index contributed by atoms with van der Waals surface area (Å²) in [6.45, 7) is 5.02. The molecule has 1 heterocycles. The highest BCUT2D eigenvalue weighted by molar-refractivity contribution is 5.34. The van der Waals surface area contributed by atoms with E-state index in [0.717, 1.165) is 31.6 Å². The molecule has 1 aromatic carbocycles. The third-order valence-electron chi connectivity index (χ3n) is 4.61. The van der Waals surface area contributed by atoms with E-state index in [1.54, 1.807) is 7.11 Å². The lowest BCUT2D eigenvalue weighted by molar-refractivity contribution is -0.0957. The second-order valence-corrected chi connectivity index (χ2v) is 5.92. The van der Waals surface area contributed by atoms with Crippen molar-refractivity contribution in [1.29, 1.82) is 5.26 Å². The molecule has 0 aliphatic carbocycles. The number of nitriles is 1. The highest BCUT2D eigenvalue weighted by Crippen LogP contribution is 2.45. The summed E-state index contributed by atoms with van der Waals surface area (Å²) in [5.74, 6) is 0.853. The van der Waals surface area contributed by atoms with Gasteiger partial charge >= 0.3 is 0 Å². The molecule has 1 saturated heterocycles.